The quantitative estimate of drug-likeness (QED) is 0.0262. The van der Waals surface area contributed by atoms with E-state index in [1.54, 1.807) is 0 Å². The fourth-order valence-corrected chi connectivity index (χ4v) is 7.43. The topological polar surface area (TPSA) is 78.9 Å². The summed E-state index contributed by atoms with van der Waals surface area (Å²) in [5, 5.41) is 0. The van der Waals surface area contributed by atoms with Crippen molar-refractivity contribution in [3.63, 3.8) is 0 Å². The fourth-order valence-electron chi connectivity index (χ4n) is 7.43. The monoisotopic (exact) mass is 969 g/mol. The van der Waals surface area contributed by atoms with Gasteiger partial charge >= 0.3 is 17.9 Å². The minimum absolute atomic E-state index is 0.0886. The van der Waals surface area contributed by atoms with Crippen molar-refractivity contribution in [1.82, 2.24) is 0 Å². The predicted octanol–water partition coefficient (Wildman–Crippen LogP) is 19.3. The molecule has 0 aromatic carbocycles. The van der Waals surface area contributed by atoms with Crippen LogP contribution < -0.4 is 0 Å². The predicted molar refractivity (Wildman–Crippen MR) is 302 cm³/mol. The van der Waals surface area contributed by atoms with E-state index in [9.17, 15) is 14.4 Å². The number of ether oxygens (including phenoxy) is 3. The van der Waals surface area contributed by atoms with Crippen molar-refractivity contribution in [3.05, 3.63) is 122 Å². The number of allylic oxidation sites excluding steroid dienone is 20. The van der Waals surface area contributed by atoms with Gasteiger partial charge in [-0.1, -0.05) is 232 Å². The molecule has 0 saturated carbocycles. The Morgan fingerprint density at radius 3 is 0.914 bits per heavy atom. The molecule has 0 amide bonds. The van der Waals surface area contributed by atoms with Crippen LogP contribution in [0, 0.1) is 0 Å². The van der Waals surface area contributed by atoms with E-state index in [-0.39, 0.29) is 31.1 Å². The molecule has 0 bridgehead atoms. The zero-order valence-electron chi connectivity index (χ0n) is 45.2. The second-order valence-electron chi connectivity index (χ2n) is 18.5. The minimum atomic E-state index is -0.788. The molecule has 0 saturated heterocycles. The Kier molecular flexibility index (Phi) is 54.0. The fraction of sp³-hybridized carbons (Fsp3) is 0.641. The Hall–Kier alpha value is -4.19. The molecule has 0 heterocycles. The zero-order chi connectivity index (χ0) is 50.7. The lowest BCUT2D eigenvalue weighted by Crippen LogP contribution is -2.30. The van der Waals surface area contributed by atoms with Crippen molar-refractivity contribution in [3.8, 4) is 0 Å². The first kappa shape index (κ1) is 65.8. The molecule has 396 valence electrons. The van der Waals surface area contributed by atoms with E-state index in [2.05, 4.69) is 142 Å². The van der Waals surface area contributed by atoms with E-state index < -0.39 is 6.10 Å². The van der Waals surface area contributed by atoms with E-state index in [0.717, 1.165) is 148 Å². The highest BCUT2D eigenvalue weighted by molar-refractivity contribution is 5.71. The SMILES string of the molecule is CC/C=C\C/C=C\C/C=C\C/C=C\C/C=C\C/C=C\C/C=C\C/C=C\C/C=C\CCCCCCCC(=O)OCC(COC(=O)CCCCCCCCC)OC(=O)CCCCCCC/C=C\CCCCC. The lowest BCUT2D eigenvalue weighted by atomic mass is 10.1. The number of carbonyl (C=O) groups is 3. The summed E-state index contributed by atoms with van der Waals surface area (Å²) in [7, 11) is 0. The van der Waals surface area contributed by atoms with Crippen LogP contribution in [0.1, 0.15) is 245 Å². The smallest absolute Gasteiger partial charge is 0.306 e. The average molecular weight is 970 g/mol. The number of unbranched alkanes of at least 4 members (excludes halogenated alkanes) is 19. The van der Waals surface area contributed by atoms with Crippen LogP contribution in [0.4, 0.5) is 0 Å². The number of carbonyl (C=O) groups excluding carboxylic acids is 3. The molecule has 0 aliphatic heterocycles. The molecule has 0 rings (SSSR count). The van der Waals surface area contributed by atoms with Gasteiger partial charge in [-0.2, -0.15) is 0 Å². The van der Waals surface area contributed by atoms with E-state index in [4.69, 9.17) is 14.2 Å². The Morgan fingerprint density at radius 1 is 0.300 bits per heavy atom. The van der Waals surface area contributed by atoms with Crippen LogP contribution >= 0.6 is 0 Å². The van der Waals surface area contributed by atoms with Crippen molar-refractivity contribution >= 4 is 17.9 Å². The lowest BCUT2D eigenvalue weighted by Gasteiger charge is -2.18. The van der Waals surface area contributed by atoms with Gasteiger partial charge in [-0.05, 0) is 116 Å². The summed E-state index contributed by atoms with van der Waals surface area (Å²) >= 11 is 0. The molecular weight excluding hydrogens is 865 g/mol. The maximum atomic E-state index is 12.7. The normalized spacial score (nSPS) is 13.0. The van der Waals surface area contributed by atoms with Crippen LogP contribution in [-0.2, 0) is 28.6 Å². The third-order valence-electron chi connectivity index (χ3n) is 11.7. The first-order valence-corrected chi connectivity index (χ1v) is 28.5. The number of rotatable bonds is 50. The van der Waals surface area contributed by atoms with Gasteiger partial charge in [-0.15, -0.1) is 0 Å². The zero-order valence-corrected chi connectivity index (χ0v) is 45.2. The standard InChI is InChI=1S/C64H104O6/c1-4-7-10-13-16-18-20-22-23-24-25-26-27-28-29-30-31-32-33-34-35-36-37-38-39-40-41-42-44-45-48-51-54-57-63(66)69-60-61(59-68-62(65)56-53-50-47-15-12-9-6-3)70-64(67)58-55-52-49-46-43-21-19-17-14-11-8-5-2/h7,10,16-19,22-23,25-26,28-29,31-32,34-35,37-38,40-41,61H,4-6,8-9,11-15,20-21,24,27,30,33,36,39,42-60H2,1-3H3/b10-7-,18-16-,19-17-,23-22-,26-25-,29-28-,32-31-,35-34-,38-37-,41-40-. The summed E-state index contributed by atoms with van der Waals surface area (Å²) in [5.74, 6) is -0.930. The largest absolute Gasteiger partial charge is 0.462 e. The van der Waals surface area contributed by atoms with Gasteiger partial charge in [0.15, 0.2) is 6.10 Å². The summed E-state index contributed by atoms with van der Waals surface area (Å²) in [4.78, 5) is 37.8. The number of hydrogen-bond donors (Lipinski definition) is 0. The second kappa shape index (κ2) is 57.4. The van der Waals surface area contributed by atoms with E-state index in [1.807, 2.05) is 0 Å². The molecule has 0 aromatic rings. The van der Waals surface area contributed by atoms with E-state index in [0.29, 0.717) is 19.3 Å². The Bertz CT molecular complexity index is 1490. The van der Waals surface area contributed by atoms with Crippen LogP contribution in [-0.4, -0.2) is 37.2 Å². The molecule has 0 fully saturated rings. The number of hydrogen-bond acceptors (Lipinski definition) is 6. The van der Waals surface area contributed by atoms with Gasteiger partial charge in [0.05, 0.1) is 0 Å². The summed E-state index contributed by atoms with van der Waals surface area (Å²) in [6.07, 6.45) is 79.3. The van der Waals surface area contributed by atoms with Gasteiger partial charge in [0.1, 0.15) is 13.2 Å². The molecule has 0 N–H and O–H groups in total. The van der Waals surface area contributed by atoms with Crippen molar-refractivity contribution < 1.29 is 28.6 Å². The Balaban J connectivity index is 4.17. The van der Waals surface area contributed by atoms with Crippen LogP contribution in [0.5, 0.6) is 0 Å². The van der Waals surface area contributed by atoms with Crippen LogP contribution in [0.25, 0.3) is 0 Å². The van der Waals surface area contributed by atoms with Crippen LogP contribution in [0.2, 0.25) is 0 Å². The highest BCUT2D eigenvalue weighted by atomic mass is 16.6. The van der Waals surface area contributed by atoms with Crippen molar-refractivity contribution in [2.45, 2.75) is 252 Å². The summed E-state index contributed by atoms with van der Waals surface area (Å²) < 4.78 is 16.7. The van der Waals surface area contributed by atoms with Gasteiger partial charge in [0.25, 0.3) is 0 Å². The van der Waals surface area contributed by atoms with Gasteiger partial charge < -0.3 is 14.2 Å². The summed E-state index contributed by atoms with van der Waals surface area (Å²) in [6.45, 7) is 6.42. The molecule has 1 atom stereocenters. The summed E-state index contributed by atoms with van der Waals surface area (Å²) in [5.41, 5.74) is 0. The maximum absolute atomic E-state index is 12.7. The second-order valence-corrected chi connectivity index (χ2v) is 18.5. The Labute approximate surface area is 431 Å². The third kappa shape index (κ3) is 54.7. The first-order chi connectivity index (χ1) is 34.5. The number of esters is 3. The van der Waals surface area contributed by atoms with Crippen molar-refractivity contribution in [2.75, 3.05) is 13.2 Å². The highest BCUT2D eigenvalue weighted by Crippen LogP contribution is 2.13. The van der Waals surface area contributed by atoms with Gasteiger partial charge in [0.2, 0.25) is 0 Å². The third-order valence-corrected chi connectivity index (χ3v) is 11.7. The molecule has 0 aromatic heterocycles. The van der Waals surface area contributed by atoms with Gasteiger partial charge in [-0.3, -0.25) is 14.4 Å². The Morgan fingerprint density at radius 2 is 0.557 bits per heavy atom. The summed E-state index contributed by atoms with van der Waals surface area (Å²) in [6, 6.07) is 0. The first-order valence-electron chi connectivity index (χ1n) is 28.5. The molecule has 0 radical (unpaired) electrons. The molecule has 70 heavy (non-hydrogen) atoms. The molecule has 1 unspecified atom stereocenters. The maximum Gasteiger partial charge on any atom is 0.306 e. The van der Waals surface area contributed by atoms with Crippen LogP contribution in [0.3, 0.4) is 0 Å². The molecule has 6 heteroatoms. The highest BCUT2D eigenvalue weighted by Gasteiger charge is 2.19. The molecule has 6 nitrogen and oxygen atoms in total. The average Bonchev–Trinajstić information content (AvgIpc) is 3.36. The lowest BCUT2D eigenvalue weighted by molar-refractivity contribution is -0.167. The van der Waals surface area contributed by atoms with E-state index in [1.165, 1.54) is 57.8 Å². The molecule has 0 aliphatic rings. The molecule has 0 spiro atoms. The minimum Gasteiger partial charge on any atom is -0.462 e. The van der Waals surface area contributed by atoms with Gasteiger partial charge in [-0.25, -0.2) is 0 Å². The van der Waals surface area contributed by atoms with Crippen molar-refractivity contribution in [1.29, 1.82) is 0 Å². The van der Waals surface area contributed by atoms with Crippen molar-refractivity contribution in [2.24, 2.45) is 0 Å². The van der Waals surface area contributed by atoms with Gasteiger partial charge in [0, 0.05) is 19.3 Å². The molecule has 0 aliphatic carbocycles. The molecular formula is C64H104O6. The van der Waals surface area contributed by atoms with E-state index >= 15 is 0 Å². The van der Waals surface area contributed by atoms with Crippen LogP contribution in [0.15, 0.2) is 122 Å².